The van der Waals surface area contributed by atoms with Crippen LogP contribution in [0.15, 0.2) is 60.2 Å². The number of halogens is 1. The van der Waals surface area contributed by atoms with Crippen molar-refractivity contribution in [2.45, 2.75) is 0 Å². The van der Waals surface area contributed by atoms with Gasteiger partial charge in [-0.1, -0.05) is 35.9 Å². The predicted molar refractivity (Wildman–Crippen MR) is 119 cm³/mol. The summed E-state index contributed by atoms with van der Waals surface area (Å²) in [4.78, 5) is 24.0. The second-order valence-corrected chi connectivity index (χ2v) is 6.57. The number of nitriles is 1. The first kappa shape index (κ1) is 22.6. The molecule has 2 amide bonds. The zero-order chi connectivity index (χ0) is 21.9. The molecule has 2 rings (SSSR count). The zero-order valence-electron chi connectivity index (χ0n) is 15.8. The molecular weight excluding hydrogens is 424 g/mol. The van der Waals surface area contributed by atoms with E-state index >= 15 is 0 Å². The lowest BCUT2D eigenvalue weighted by atomic mass is 10.1. The van der Waals surface area contributed by atoms with E-state index in [1.54, 1.807) is 61.7 Å². The van der Waals surface area contributed by atoms with Gasteiger partial charge in [0.1, 0.15) is 17.4 Å². The second kappa shape index (κ2) is 11.4. The highest BCUT2D eigenvalue weighted by atomic mass is 35.5. The molecule has 0 aliphatic heterocycles. The van der Waals surface area contributed by atoms with Crippen molar-refractivity contribution >= 4 is 52.9 Å². The number of hydrogen-bond donors (Lipinski definition) is 3. The number of amides is 2. The standard InChI is InChI=1S/C21H17ClN4O3S/c1-29-18-9-4-15(5-10-18)12-16(13-23)20(28)25-26-21(30)24-19(27)11-6-14-2-7-17(22)8-3-14/h2-12H,1H3,(H,25,28)(H2,24,26,27,30)/b11-6+,16-12+. The van der Waals surface area contributed by atoms with Crippen LogP contribution < -0.4 is 20.9 Å². The van der Waals surface area contributed by atoms with E-state index in [-0.39, 0.29) is 10.7 Å². The molecule has 0 unspecified atom stereocenters. The number of benzene rings is 2. The van der Waals surface area contributed by atoms with Gasteiger partial charge in [0.05, 0.1) is 7.11 Å². The summed E-state index contributed by atoms with van der Waals surface area (Å²) in [7, 11) is 1.54. The van der Waals surface area contributed by atoms with Crippen LogP contribution in [0.2, 0.25) is 5.02 Å². The Morgan fingerprint density at radius 3 is 2.30 bits per heavy atom. The van der Waals surface area contributed by atoms with Crippen LogP contribution in [0.25, 0.3) is 12.2 Å². The number of hydrazine groups is 1. The minimum atomic E-state index is -0.707. The van der Waals surface area contributed by atoms with Crippen molar-refractivity contribution in [3.8, 4) is 11.8 Å². The Kier molecular flexibility index (Phi) is 8.56. The molecule has 0 saturated carbocycles. The molecule has 2 aromatic carbocycles. The number of rotatable bonds is 5. The smallest absolute Gasteiger partial charge is 0.280 e. The van der Waals surface area contributed by atoms with Gasteiger partial charge in [0, 0.05) is 11.1 Å². The highest BCUT2D eigenvalue weighted by molar-refractivity contribution is 7.80. The van der Waals surface area contributed by atoms with Crippen molar-refractivity contribution in [1.82, 2.24) is 16.2 Å². The predicted octanol–water partition coefficient (Wildman–Crippen LogP) is 2.99. The molecule has 7 nitrogen and oxygen atoms in total. The molecule has 0 bridgehead atoms. The topological polar surface area (TPSA) is 103 Å². The van der Waals surface area contributed by atoms with Crippen LogP contribution >= 0.6 is 23.8 Å². The Morgan fingerprint density at radius 2 is 1.70 bits per heavy atom. The maximum Gasteiger partial charge on any atom is 0.280 e. The van der Waals surface area contributed by atoms with E-state index in [0.29, 0.717) is 16.3 Å². The molecule has 0 spiro atoms. The Bertz CT molecular complexity index is 1030. The van der Waals surface area contributed by atoms with Crippen molar-refractivity contribution in [2.75, 3.05) is 7.11 Å². The number of nitrogens with zero attached hydrogens (tertiary/aromatic N) is 1. The molecule has 9 heteroatoms. The van der Waals surface area contributed by atoms with Crippen LogP contribution in [0.4, 0.5) is 0 Å². The van der Waals surface area contributed by atoms with Gasteiger partial charge in [-0.15, -0.1) is 0 Å². The molecule has 0 aromatic heterocycles. The largest absolute Gasteiger partial charge is 0.497 e. The summed E-state index contributed by atoms with van der Waals surface area (Å²) in [6, 6.07) is 15.5. The van der Waals surface area contributed by atoms with Gasteiger partial charge < -0.3 is 4.74 Å². The molecule has 0 heterocycles. The fourth-order valence-electron chi connectivity index (χ4n) is 2.13. The highest BCUT2D eigenvalue weighted by Gasteiger charge is 2.10. The maximum absolute atomic E-state index is 12.1. The van der Waals surface area contributed by atoms with Crippen LogP contribution in [-0.2, 0) is 9.59 Å². The fourth-order valence-corrected chi connectivity index (χ4v) is 2.40. The summed E-state index contributed by atoms with van der Waals surface area (Å²) in [6.45, 7) is 0. The number of carbonyl (C=O) groups is 2. The van der Waals surface area contributed by atoms with Crippen LogP contribution in [0, 0.1) is 11.3 Å². The third-order valence-corrected chi connectivity index (χ3v) is 4.07. The summed E-state index contributed by atoms with van der Waals surface area (Å²) >= 11 is 10.8. The average molecular weight is 441 g/mol. The van der Waals surface area contributed by atoms with Crippen LogP contribution in [0.1, 0.15) is 11.1 Å². The Labute approximate surface area is 184 Å². The summed E-state index contributed by atoms with van der Waals surface area (Å²) in [5.41, 5.74) is 5.91. The number of ether oxygens (including phenoxy) is 1. The van der Waals surface area contributed by atoms with Gasteiger partial charge in [-0.2, -0.15) is 5.26 Å². The summed E-state index contributed by atoms with van der Waals surface area (Å²) in [5, 5.41) is 12.1. The molecule has 0 saturated heterocycles. The Balaban J connectivity index is 1.86. The monoisotopic (exact) mass is 440 g/mol. The normalized spacial score (nSPS) is 10.8. The molecule has 0 atom stereocenters. The van der Waals surface area contributed by atoms with E-state index in [4.69, 9.17) is 28.6 Å². The lowest BCUT2D eigenvalue weighted by molar-refractivity contribution is -0.118. The van der Waals surface area contributed by atoms with E-state index in [1.165, 1.54) is 12.2 Å². The Morgan fingerprint density at radius 1 is 1.07 bits per heavy atom. The van der Waals surface area contributed by atoms with Crippen molar-refractivity contribution in [3.63, 3.8) is 0 Å². The van der Waals surface area contributed by atoms with E-state index in [2.05, 4.69) is 16.2 Å². The molecule has 2 aromatic rings. The number of methoxy groups -OCH3 is 1. The first-order chi connectivity index (χ1) is 14.4. The van der Waals surface area contributed by atoms with E-state index in [0.717, 1.165) is 5.56 Å². The molecule has 3 N–H and O–H groups in total. The third-order valence-electron chi connectivity index (χ3n) is 3.62. The first-order valence-electron chi connectivity index (χ1n) is 8.52. The van der Waals surface area contributed by atoms with Crippen molar-refractivity contribution in [1.29, 1.82) is 5.26 Å². The van der Waals surface area contributed by atoms with Gasteiger partial charge in [-0.05, 0) is 59.8 Å². The fraction of sp³-hybridized carbons (Fsp3) is 0.0476. The van der Waals surface area contributed by atoms with E-state index in [9.17, 15) is 14.9 Å². The lowest BCUT2D eigenvalue weighted by Crippen LogP contribution is -2.48. The average Bonchev–Trinajstić information content (AvgIpc) is 2.75. The maximum atomic E-state index is 12.1. The van der Waals surface area contributed by atoms with Crippen molar-refractivity contribution in [3.05, 3.63) is 76.3 Å². The van der Waals surface area contributed by atoms with Crippen molar-refractivity contribution < 1.29 is 14.3 Å². The van der Waals surface area contributed by atoms with Crippen LogP contribution in [-0.4, -0.2) is 24.0 Å². The number of carbonyl (C=O) groups excluding carboxylic acids is 2. The van der Waals surface area contributed by atoms with Crippen LogP contribution in [0.5, 0.6) is 5.75 Å². The molecule has 0 fully saturated rings. The first-order valence-corrected chi connectivity index (χ1v) is 9.30. The quantitative estimate of drug-likeness (QED) is 0.286. The lowest BCUT2D eigenvalue weighted by Gasteiger charge is -2.09. The van der Waals surface area contributed by atoms with Gasteiger partial charge in [0.2, 0.25) is 5.91 Å². The van der Waals surface area contributed by atoms with Gasteiger partial charge >= 0.3 is 0 Å². The van der Waals surface area contributed by atoms with Gasteiger partial charge in [0.15, 0.2) is 5.11 Å². The molecular formula is C21H17ClN4O3S. The summed E-state index contributed by atoms with van der Waals surface area (Å²) < 4.78 is 5.06. The number of nitrogens with one attached hydrogen (secondary N) is 3. The third kappa shape index (κ3) is 7.39. The highest BCUT2D eigenvalue weighted by Crippen LogP contribution is 2.14. The molecule has 0 radical (unpaired) electrons. The van der Waals surface area contributed by atoms with Gasteiger partial charge in [-0.25, -0.2) is 0 Å². The molecule has 152 valence electrons. The number of thiocarbonyl (C=S) groups is 1. The van der Waals surface area contributed by atoms with E-state index in [1.807, 2.05) is 6.07 Å². The summed E-state index contributed by atoms with van der Waals surface area (Å²) in [5.74, 6) is -0.546. The minimum absolute atomic E-state index is 0.129. The second-order valence-electron chi connectivity index (χ2n) is 5.73. The summed E-state index contributed by atoms with van der Waals surface area (Å²) in [6.07, 6.45) is 4.27. The molecule has 0 aliphatic rings. The van der Waals surface area contributed by atoms with E-state index < -0.39 is 11.8 Å². The van der Waals surface area contributed by atoms with Gasteiger partial charge in [-0.3, -0.25) is 25.8 Å². The zero-order valence-corrected chi connectivity index (χ0v) is 17.4. The van der Waals surface area contributed by atoms with Crippen molar-refractivity contribution in [2.24, 2.45) is 0 Å². The minimum Gasteiger partial charge on any atom is -0.497 e. The SMILES string of the molecule is COc1ccc(/C=C(\C#N)C(=O)NNC(=S)NC(=O)/C=C/c2ccc(Cl)cc2)cc1. The Hall–Kier alpha value is -3.67. The number of hydrogen-bond acceptors (Lipinski definition) is 5. The molecule has 30 heavy (non-hydrogen) atoms. The van der Waals surface area contributed by atoms with Crippen LogP contribution in [0.3, 0.4) is 0 Å². The molecule has 0 aliphatic carbocycles. The van der Waals surface area contributed by atoms with Gasteiger partial charge in [0.25, 0.3) is 5.91 Å².